The number of halogens is 1. The summed E-state index contributed by atoms with van der Waals surface area (Å²) in [7, 11) is 2.95. The molecule has 0 saturated carbocycles. The Labute approximate surface area is 220 Å². The number of anilines is 1. The zero-order valence-electron chi connectivity index (χ0n) is 21.9. The second-order valence-corrected chi connectivity index (χ2v) is 9.70. The first-order chi connectivity index (χ1) is 18.1. The molecule has 1 heterocycles. The molecule has 3 aromatic carbocycles. The Balaban J connectivity index is 1.89. The highest BCUT2D eigenvalue weighted by Crippen LogP contribution is 2.39. The van der Waals surface area contributed by atoms with Gasteiger partial charge in [0.15, 0.2) is 11.5 Å². The molecule has 0 unspecified atom stereocenters. The Bertz CT molecular complexity index is 1450. The van der Waals surface area contributed by atoms with Gasteiger partial charge in [-0.15, -0.1) is 5.10 Å². The summed E-state index contributed by atoms with van der Waals surface area (Å²) in [5, 5.41) is 11.2. The highest BCUT2D eigenvalue weighted by Gasteiger charge is 2.37. The molecule has 0 aliphatic carbocycles. The van der Waals surface area contributed by atoms with Gasteiger partial charge in [0.25, 0.3) is 0 Å². The molecule has 0 bridgehead atoms. The van der Waals surface area contributed by atoms with E-state index in [1.165, 1.54) is 48.1 Å². The number of benzene rings is 3. The zero-order valence-corrected chi connectivity index (χ0v) is 21.9. The first kappa shape index (κ1) is 26.6. The topological polar surface area (TPSA) is 98.6 Å². The molecule has 38 heavy (non-hydrogen) atoms. The standard InChI is InChI=1S/C28H30FN5O4/c1-28(2,3)30-27(36)25(20-9-8-12-23(37-4)26(20)38-5)34(19-15-13-18(29)14-16-19)24(35)17-33-22-11-7-6-10-21(22)31-32-33/h6-16,25H,17H2,1-5H3,(H,30,36)/t25-/m1/s1. The zero-order chi connectivity index (χ0) is 27.4. The van der Waals surface area contributed by atoms with Gasteiger partial charge in [-0.1, -0.05) is 29.5 Å². The molecular weight excluding hydrogens is 489 g/mol. The molecule has 2 amide bonds. The van der Waals surface area contributed by atoms with E-state index in [9.17, 15) is 14.0 Å². The van der Waals surface area contributed by atoms with E-state index < -0.39 is 29.2 Å². The van der Waals surface area contributed by atoms with Crippen molar-refractivity contribution in [1.82, 2.24) is 20.3 Å². The Morgan fingerprint density at radius 3 is 2.37 bits per heavy atom. The van der Waals surface area contributed by atoms with Gasteiger partial charge in [0, 0.05) is 16.8 Å². The van der Waals surface area contributed by atoms with Gasteiger partial charge in [-0.25, -0.2) is 9.07 Å². The molecule has 1 N–H and O–H groups in total. The van der Waals surface area contributed by atoms with Crippen molar-refractivity contribution >= 4 is 28.5 Å². The van der Waals surface area contributed by atoms with Crippen LogP contribution in [-0.2, 0) is 16.1 Å². The third kappa shape index (κ3) is 5.59. The highest BCUT2D eigenvalue weighted by molar-refractivity contribution is 6.02. The average molecular weight is 520 g/mol. The Kier molecular flexibility index (Phi) is 7.61. The van der Waals surface area contributed by atoms with Crippen LogP contribution >= 0.6 is 0 Å². The number of ether oxygens (including phenoxy) is 2. The van der Waals surface area contributed by atoms with Crippen molar-refractivity contribution < 1.29 is 23.5 Å². The Morgan fingerprint density at radius 2 is 1.71 bits per heavy atom. The molecule has 0 aliphatic rings. The molecule has 9 nitrogen and oxygen atoms in total. The lowest BCUT2D eigenvalue weighted by Gasteiger charge is -2.34. The maximum atomic E-state index is 14.1. The smallest absolute Gasteiger partial charge is 0.249 e. The van der Waals surface area contributed by atoms with Gasteiger partial charge in [0.2, 0.25) is 11.8 Å². The number of aromatic nitrogens is 3. The van der Waals surface area contributed by atoms with Crippen LogP contribution < -0.4 is 19.7 Å². The van der Waals surface area contributed by atoms with Gasteiger partial charge in [-0.2, -0.15) is 0 Å². The number of carbonyl (C=O) groups excluding carboxylic acids is 2. The van der Waals surface area contributed by atoms with Gasteiger partial charge in [0.1, 0.15) is 23.9 Å². The normalized spacial score (nSPS) is 12.2. The number of para-hydroxylation sites is 2. The summed E-state index contributed by atoms with van der Waals surface area (Å²) in [5.41, 5.74) is 1.40. The van der Waals surface area contributed by atoms with Gasteiger partial charge in [0.05, 0.1) is 19.7 Å². The van der Waals surface area contributed by atoms with E-state index in [0.717, 1.165) is 0 Å². The first-order valence-corrected chi connectivity index (χ1v) is 12.0. The molecule has 4 aromatic rings. The third-order valence-electron chi connectivity index (χ3n) is 5.81. The SMILES string of the molecule is COc1cccc([C@H](C(=O)NC(C)(C)C)N(C(=O)Cn2nnc3ccccc32)c2ccc(F)cc2)c1OC. The van der Waals surface area contributed by atoms with Gasteiger partial charge >= 0.3 is 0 Å². The summed E-state index contributed by atoms with van der Waals surface area (Å²) in [6.45, 7) is 5.31. The molecule has 4 rings (SSSR count). The van der Waals surface area contributed by atoms with E-state index in [2.05, 4.69) is 15.6 Å². The summed E-state index contributed by atoms with van der Waals surface area (Å²) >= 11 is 0. The third-order valence-corrected chi connectivity index (χ3v) is 5.81. The minimum atomic E-state index is -1.19. The second-order valence-electron chi connectivity index (χ2n) is 9.70. The molecule has 0 spiro atoms. The van der Waals surface area contributed by atoms with Gasteiger partial charge in [-0.05, 0) is 63.2 Å². The molecule has 1 atom stereocenters. The molecule has 0 saturated heterocycles. The lowest BCUT2D eigenvalue weighted by atomic mass is 9.99. The first-order valence-electron chi connectivity index (χ1n) is 12.0. The molecular formula is C28H30FN5O4. The number of fused-ring (bicyclic) bond motifs is 1. The number of hydrogen-bond donors (Lipinski definition) is 1. The van der Waals surface area contributed by atoms with Crippen LogP contribution in [0.15, 0.2) is 66.7 Å². The monoisotopic (exact) mass is 519 g/mol. The lowest BCUT2D eigenvalue weighted by Crippen LogP contribution is -2.50. The van der Waals surface area contributed by atoms with Crippen LogP contribution in [0.3, 0.4) is 0 Å². The van der Waals surface area contributed by atoms with Crippen molar-refractivity contribution in [2.45, 2.75) is 38.9 Å². The highest BCUT2D eigenvalue weighted by atomic mass is 19.1. The fraction of sp³-hybridized carbons (Fsp3) is 0.286. The van der Waals surface area contributed by atoms with E-state index >= 15 is 0 Å². The second kappa shape index (κ2) is 10.9. The Morgan fingerprint density at radius 1 is 1.00 bits per heavy atom. The number of rotatable bonds is 8. The molecule has 1 aromatic heterocycles. The van der Waals surface area contributed by atoms with Crippen molar-refractivity contribution in [3.8, 4) is 11.5 Å². The number of amides is 2. The minimum Gasteiger partial charge on any atom is -0.493 e. The van der Waals surface area contributed by atoms with E-state index in [-0.39, 0.29) is 6.54 Å². The van der Waals surface area contributed by atoms with E-state index in [4.69, 9.17) is 9.47 Å². The van der Waals surface area contributed by atoms with E-state index in [0.29, 0.717) is 33.8 Å². The number of nitrogens with zero attached hydrogens (tertiary/aromatic N) is 4. The van der Waals surface area contributed by atoms with Crippen molar-refractivity contribution in [2.75, 3.05) is 19.1 Å². The van der Waals surface area contributed by atoms with E-state index in [1.54, 1.807) is 30.3 Å². The van der Waals surface area contributed by atoms with Crippen LogP contribution in [0, 0.1) is 5.82 Å². The van der Waals surface area contributed by atoms with Crippen LogP contribution in [0.1, 0.15) is 32.4 Å². The van der Waals surface area contributed by atoms with Crippen molar-refractivity contribution in [3.63, 3.8) is 0 Å². The summed E-state index contributed by atoms with van der Waals surface area (Å²) in [6, 6.07) is 16.6. The molecule has 10 heteroatoms. The predicted molar refractivity (Wildman–Crippen MR) is 142 cm³/mol. The van der Waals surface area contributed by atoms with Crippen LogP contribution in [0.5, 0.6) is 11.5 Å². The van der Waals surface area contributed by atoms with Crippen molar-refractivity contribution in [1.29, 1.82) is 0 Å². The van der Waals surface area contributed by atoms with Crippen LogP contribution in [0.4, 0.5) is 10.1 Å². The number of hydrogen-bond acceptors (Lipinski definition) is 6. The van der Waals surface area contributed by atoms with Crippen molar-refractivity contribution in [2.24, 2.45) is 0 Å². The van der Waals surface area contributed by atoms with Crippen LogP contribution in [0.25, 0.3) is 11.0 Å². The minimum absolute atomic E-state index is 0.219. The van der Waals surface area contributed by atoms with Crippen LogP contribution in [-0.4, -0.2) is 46.6 Å². The van der Waals surface area contributed by atoms with E-state index in [1.807, 2.05) is 32.9 Å². The average Bonchev–Trinajstić information content (AvgIpc) is 3.29. The van der Waals surface area contributed by atoms with Crippen LogP contribution in [0.2, 0.25) is 0 Å². The largest absolute Gasteiger partial charge is 0.493 e. The summed E-state index contributed by atoms with van der Waals surface area (Å²) in [4.78, 5) is 29.3. The molecule has 0 aliphatic heterocycles. The fourth-order valence-corrected chi connectivity index (χ4v) is 4.24. The summed E-state index contributed by atoms with van der Waals surface area (Å²) in [6.07, 6.45) is 0. The number of carbonyl (C=O) groups is 2. The maximum Gasteiger partial charge on any atom is 0.249 e. The van der Waals surface area contributed by atoms with Gasteiger partial charge in [-0.3, -0.25) is 14.5 Å². The summed E-state index contributed by atoms with van der Waals surface area (Å²) < 4.78 is 26.5. The quantitative estimate of drug-likeness (QED) is 0.373. The Hall–Kier alpha value is -4.47. The maximum absolute atomic E-state index is 14.1. The molecule has 0 fully saturated rings. The number of nitrogens with one attached hydrogen (secondary N) is 1. The lowest BCUT2D eigenvalue weighted by molar-refractivity contribution is -0.128. The molecule has 0 radical (unpaired) electrons. The number of methoxy groups -OCH3 is 2. The van der Waals surface area contributed by atoms with Gasteiger partial charge < -0.3 is 14.8 Å². The van der Waals surface area contributed by atoms with Crippen molar-refractivity contribution in [3.05, 3.63) is 78.1 Å². The predicted octanol–water partition coefficient (Wildman–Crippen LogP) is 4.28. The fourth-order valence-electron chi connectivity index (χ4n) is 4.24. The molecule has 198 valence electrons. The summed E-state index contributed by atoms with van der Waals surface area (Å²) in [5.74, 6) is -0.697.